The third kappa shape index (κ3) is 1.85. The fraction of sp³-hybridized carbons (Fsp3) is 0.100. The molecule has 0 saturated heterocycles. The zero-order valence-electron chi connectivity index (χ0n) is 12.2. The van der Waals surface area contributed by atoms with Crippen LogP contribution in [0.4, 0.5) is 0 Å². The summed E-state index contributed by atoms with van der Waals surface area (Å²) in [6, 6.07) is 19.2. The number of hydrogen-bond acceptors (Lipinski definition) is 1. The van der Waals surface area contributed by atoms with Crippen LogP contribution in [0.1, 0.15) is 28.2 Å². The van der Waals surface area contributed by atoms with Crippen LogP contribution in [0.15, 0.2) is 59.0 Å². The molecule has 1 nitrogen and oxygen atoms in total. The van der Waals surface area contributed by atoms with Crippen LogP contribution in [-0.4, -0.2) is 0 Å². The highest BCUT2D eigenvalue weighted by molar-refractivity contribution is 6.06. The summed E-state index contributed by atoms with van der Waals surface area (Å²) in [6.07, 6.45) is 2.16. The van der Waals surface area contributed by atoms with Crippen molar-refractivity contribution in [3.05, 3.63) is 82.8 Å². The molecule has 21 heavy (non-hydrogen) atoms. The van der Waals surface area contributed by atoms with Crippen molar-refractivity contribution in [3.63, 3.8) is 0 Å². The van der Waals surface area contributed by atoms with E-state index in [1.54, 1.807) is 0 Å². The first kappa shape index (κ1) is 12.2. The Labute approximate surface area is 124 Å². The van der Waals surface area contributed by atoms with Gasteiger partial charge in [0.05, 0.1) is 0 Å². The lowest BCUT2D eigenvalue weighted by Gasteiger charge is -2.01. The molecular formula is C20H16O. The van der Waals surface area contributed by atoms with Gasteiger partial charge in [0.1, 0.15) is 11.5 Å². The predicted molar refractivity (Wildman–Crippen MR) is 87.0 cm³/mol. The van der Waals surface area contributed by atoms with E-state index in [0.717, 1.165) is 11.5 Å². The van der Waals surface area contributed by atoms with E-state index in [1.165, 1.54) is 33.4 Å². The van der Waals surface area contributed by atoms with Crippen LogP contribution < -0.4 is 0 Å². The fourth-order valence-electron chi connectivity index (χ4n) is 3.02. The monoisotopic (exact) mass is 272 g/mol. The van der Waals surface area contributed by atoms with E-state index in [9.17, 15) is 0 Å². The molecule has 0 radical (unpaired) electrons. The van der Waals surface area contributed by atoms with Gasteiger partial charge in [0.25, 0.3) is 0 Å². The molecule has 0 fully saturated rings. The standard InChI is InChI=1S/C20H16O/c1-13-11-15(21-14(13)2)12-20-18-9-5-3-7-16(18)17-8-4-6-10-19(17)20/h3-12H,1-2H3. The van der Waals surface area contributed by atoms with Crippen LogP contribution in [0.5, 0.6) is 0 Å². The van der Waals surface area contributed by atoms with Crippen LogP contribution in [0.2, 0.25) is 0 Å². The minimum atomic E-state index is 0.923. The summed E-state index contributed by atoms with van der Waals surface area (Å²) in [6.45, 7) is 4.09. The van der Waals surface area contributed by atoms with Gasteiger partial charge < -0.3 is 4.42 Å². The Kier molecular flexibility index (Phi) is 2.61. The Balaban J connectivity index is 1.96. The Morgan fingerprint density at radius 1 is 0.762 bits per heavy atom. The van der Waals surface area contributed by atoms with E-state index in [-0.39, 0.29) is 0 Å². The minimum absolute atomic E-state index is 0.923. The number of hydrogen-bond donors (Lipinski definition) is 0. The first-order chi connectivity index (χ1) is 10.2. The Morgan fingerprint density at radius 2 is 1.29 bits per heavy atom. The van der Waals surface area contributed by atoms with Crippen LogP contribution in [0.25, 0.3) is 22.8 Å². The fourth-order valence-corrected chi connectivity index (χ4v) is 3.02. The van der Waals surface area contributed by atoms with E-state index < -0.39 is 0 Å². The van der Waals surface area contributed by atoms with Gasteiger partial charge in [0.2, 0.25) is 0 Å². The van der Waals surface area contributed by atoms with E-state index >= 15 is 0 Å². The van der Waals surface area contributed by atoms with Crippen molar-refractivity contribution in [1.29, 1.82) is 0 Å². The average Bonchev–Trinajstić information content (AvgIpc) is 2.99. The van der Waals surface area contributed by atoms with Gasteiger partial charge in [-0.25, -0.2) is 0 Å². The van der Waals surface area contributed by atoms with Crippen molar-refractivity contribution in [2.24, 2.45) is 0 Å². The minimum Gasteiger partial charge on any atom is -0.462 e. The van der Waals surface area contributed by atoms with E-state index in [1.807, 2.05) is 6.92 Å². The molecule has 4 rings (SSSR count). The smallest absolute Gasteiger partial charge is 0.127 e. The van der Waals surface area contributed by atoms with Gasteiger partial charge in [-0.2, -0.15) is 0 Å². The zero-order chi connectivity index (χ0) is 14.4. The first-order valence-corrected chi connectivity index (χ1v) is 7.22. The van der Waals surface area contributed by atoms with Crippen molar-refractivity contribution < 1.29 is 4.42 Å². The Bertz CT molecular complexity index is 798. The SMILES string of the molecule is Cc1cc(C=C2c3ccccc3-c3ccccc32)oc1C. The van der Waals surface area contributed by atoms with Gasteiger partial charge in [-0.15, -0.1) is 0 Å². The topological polar surface area (TPSA) is 13.1 Å². The number of benzene rings is 2. The molecule has 0 amide bonds. The molecule has 2 aromatic carbocycles. The van der Waals surface area contributed by atoms with E-state index in [4.69, 9.17) is 4.42 Å². The van der Waals surface area contributed by atoms with Gasteiger partial charge in [-0.3, -0.25) is 0 Å². The van der Waals surface area contributed by atoms with Crippen molar-refractivity contribution in [3.8, 4) is 11.1 Å². The molecule has 0 aliphatic heterocycles. The van der Waals surface area contributed by atoms with E-state index in [2.05, 4.69) is 67.6 Å². The quantitative estimate of drug-likeness (QED) is 0.448. The maximum atomic E-state index is 5.83. The molecule has 0 atom stereocenters. The highest BCUT2D eigenvalue weighted by Gasteiger charge is 2.22. The number of aryl methyl sites for hydroxylation is 2. The van der Waals surface area contributed by atoms with Crippen LogP contribution in [0.3, 0.4) is 0 Å². The van der Waals surface area contributed by atoms with Gasteiger partial charge in [-0.1, -0.05) is 48.5 Å². The highest BCUT2D eigenvalue weighted by atomic mass is 16.3. The summed E-state index contributed by atoms with van der Waals surface area (Å²) in [4.78, 5) is 0. The Hall–Kier alpha value is -2.54. The van der Waals surface area contributed by atoms with Crippen molar-refractivity contribution in [2.45, 2.75) is 13.8 Å². The molecule has 0 saturated carbocycles. The van der Waals surface area contributed by atoms with Crippen LogP contribution in [0, 0.1) is 13.8 Å². The van der Waals surface area contributed by atoms with Crippen LogP contribution in [-0.2, 0) is 0 Å². The summed E-state index contributed by atoms with van der Waals surface area (Å²) in [5.41, 5.74) is 7.62. The second kappa shape index (κ2) is 4.49. The second-order valence-electron chi connectivity index (χ2n) is 5.54. The van der Waals surface area contributed by atoms with Crippen molar-refractivity contribution in [2.75, 3.05) is 0 Å². The molecule has 1 aromatic heterocycles. The first-order valence-electron chi connectivity index (χ1n) is 7.22. The maximum absolute atomic E-state index is 5.83. The highest BCUT2D eigenvalue weighted by Crippen LogP contribution is 2.44. The lowest BCUT2D eigenvalue weighted by Crippen LogP contribution is -1.80. The molecule has 0 N–H and O–H groups in total. The van der Waals surface area contributed by atoms with E-state index in [0.29, 0.717) is 0 Å². The largest absolute Gasteiger partial charge is 0.462 e. The van der Waals surface area contributed by atoms with Gasteiger partial charge in [-0.05, 0) is 59.4 Å². The van der Waals surface area contributed by atoms with Gasteiger partial charge in [0.15, 0.2) is 0 Å². The molecule has 1 heteroatoms. The molecule has 0 bridgehead atoms. The second-order valence-corrected chi connectivity index (χ2v) is 5.54. The third-order valence-corrected chi connectivity index (χ3v) is 4.20. The molecule has 1 aliphatic carbocycles. The average molecular weight is 272 g/mol. The maximum Gasteiger partial charge on any atom is 0.127 e. The van der Waals surface area contributed by atoms with Gasteiger partial charge in [0, 0.05) is 0 Å². The normalized spacial score (nSPS) is 12.2. The molecule has 1 heterocycles. The summed E-state index contributed by atoms with van der Waals surface area (Å²) in [5, 5.41) is 0. The summed E-state index contributed by atoms with van der Waals surface area (Å²) in [7, 11) is 0. The summed E-state index contributed by atoms with van der Waals surface area (Å²) >= 11 is 0. The Morgan fingerprint density at radius 3 is 1.76 bits per heavy atom. The van der Waals surface area contributed by atoms with Crippen molar-refractivity contribution in [1.82, 2.24) is 0 Å². The number of fused-ring (bicyclic) bond motifs is 3. The lowest BCUT2D eigenvalue weighted by molar-refractivity contribution is 0.523. The third-order valence-electron chi connectivity index (χ3n) is 4.20. The summed E-state index contributed by atoms with van der Waals surface area (Å²) < 4.78 is 5.83. The molecule has 0 spiro atoms. The summed E-state index contributed by atoms with van der Waals surface area (Å²) in [5.74, 6) is 1.91. The molecule has 1 aliphatic rings. The molecule has 0 unspecified atom stereocenters. The molecule has 3 aromatic rings. The lowest BCUT2D eigenvalue weighted by atomic mass is 10.0. The zero-order valence-corrected chi connectivity index (χ0v) is 12.2. The number of furan rings is 1. The predicted octanol–water partition coefficient (Wildman–Crippen LogP) is 5.47. The molecule has 102 valence electrons. The number of rotatable bonds is 1. The molecular weight excluding hydrogens is 256 g/mol. The van der Waals surface area contributed by atoms with Crippen LogP contribution >= 0.6 is 0 Å². The van der Waals surface area contributed by atoms with Gasteiger partial charge >= 0.3 is 0 Å². The van der Waals surface area contributed by atoms with Crippen molar-refractivity contribution >= 4 is 11.6 Å².